The van der Waals surface area contributed by atoms with Crippen LogP contribution in [0.15, 0.2) is 0 Å². The summed E-state index contributed by atoms with van der Waals surface area (Å²) in [5.41, 5.74) is 0. The summed E-state index contributed by atoms with van der Waals surface area (Å²) in [6, 6.07) is 0. The molecule has 0 aromatic rings. The second-order valence-corrected chi connectivity index (χ2v) is 12.0. The standard InChI is InChI=1S/C35H70O4/c1-3-5-7-9-11-13-14-15-16-17-18-19-20-21-22-24-26-28-30-35(37)39-34(32-36)33-38-31-29-27-25-23-12-10-8-6-4-2/h34,36H,3-33H2,1-2H3. The van der Waals surface area contributed by atoms with Crippen molar-refractivity contribution in [2.75, 3.05) is 19.8 Å². The molecule has 1 unspecified atom stereocenters. The first-order valence-corrected chi connectivity index (χ1v) is 17.6. The third-order valence-corrected chi connectivity index (χ3v) is 7.93. The zero-order valence-corrected chi connectivity index (χ0v) is 26.7. The summed E-state index contributed by atoms with van der Waals surface area (Å²) in [6.45, 7) is 5.36. The highest BCUT2D eigenvalue weighted by Crippen LogP contribution is 2.15. The number of esters is 1. The van der Waals surface area contributed by atoms with E-state index in [1.54, 1.807) is 0 Å². The molecule has 0 aliphatic rings. The maximum Gasteiger partial charge on any atom is 0.306 e. The van der Waals surface area contributed by atoms with Gasteiger partial charge in [0.2, 0.25) is 0 Å². The summed E-state index contributed by atoms with van der Waals surface area (Å²) < 4.78 is 11.1. The second-order valence-electron chi connectivity index (χ2n) is 12.0. The molecule has 4 nitrogen and oxygen atoms in total. The van der Waals surface area contributed by atoms with Crippen molar-refractivity contribution in [2.24, 2.45) is 0 Å². The highest BCUT2D eigenvalue weighted by Gasteiger charge is 2.13. The Kier molecular flexibility index (Phi) is 33.1. The van der Waals surface area contributed by atoms with Crippen molar-refractivity contribution in [3.05, 3.63) is 0 Å². The fourth-order valence-corrected chi connectivity index (χ4v) is 5.27. The van der Waals surface area contributed by atoms with Crippen molar-refractivity contribution >= 4 is 5.97 Å². The zero-order valence-electron chi connectivity index (χ0n) is 26.7. The highest BCUT2D eigenvalue weighted by molar-refractivity contribution is 5.69. The molecule has 0 aromatic carbocycles. The summed E-state index contributed by atoms with van der Waals surface area (Å²) >= 11 is 0. The maximum absolute atomic E-state index is 12.1. The Balaban J connectivity index is 3.36. The molecule has 0 fully saturated rings. The van der Waals surface area contributed by atoms with Crippen LogP contribution < -0.4 is 0 Å². The largest absolute Gasteiger partial charge is 0.457 e. The third-order valence-electron chi connectivity index (χ3n) is 7.93. The van der Waals surface area contributed by atoms with Crippen LogP contribution in [0.5, 0.6) is 0 Å². The van der Waals surface area contributed by atoms with Crippen LogP contribution in [-0.4, -0.2) is 37.0 Å². The summed E-state index contributed by atoms with van der Waals surface area (Å²) in [5, 5.41) is 9.51. The van der Waals surface area contributed by atoms with E-state index in [4.69, 9.17) is 9.47 Å². The van der Waals surface area contributed by atoms with Gasteiger partial charge in [0.25, 0.3) is 0 Å². The van der Waals surface area contributed by atoms with Crippen molar-refractivity contribution < 1.29 is 19.4 Å². The van der Waals surface area contributed by atoms with Gasteiger partial charge in [0.15, 0.2) is 0 Å². The van der Waals surface area contributed by atoms with Gasteiger partial charge in [-0.1, -0.05) is 174 Å². The van der Waals surface area contributed by atoms with E-state index in [-0.39, 0.29) is 12.6 Å². The molecule has 0 bridgehead atoms. The van der Waals surface area contributed by atoms with Crippen LogP contribution in [0.25, 0.3) is 0 Å². The van der Waals surface area contributed by atoms with Gasteiger partial charge < -0.3 is 14.6 Å². The fourth-order valence-electron chi connectivity index (χ4n) is 5.27. The van der Waals surface area contributed by atoms with Gasteiger partial charge in [-0.15, -0.1) is 0 Å². The predicted octanol–water partition coefficient (Wildman–Crippen LogP) is 10.9. The molecule has 0 radical (unpaired) electrons. The number of carbonyl (C=O) groups excluding carboxylic acids is 1. The molecule has 0 saturated carbocycles. The first-order chi connectivity index (χ1) is 19.2. The van der Waals surface area contributed by atoms with Crippen LogP contribution >= 0.6 is 0 Å². The van der Waals surface area contributed by atoms with Crippen LogP contribution in [0.4, 0.5) is 0 Å². The Morgan fingerprint density at radius 2 is 0.846 bits per heavy atom. The smallest absolute Gasteiger partial charge is 0.306 e. The number of rotatable bonds is 33. The minimum absolute atomic E-state index is 0.164. The van der Waals surface area contributed by atoms with Gasteiger partial charge in [0, 0.05) is 13.0 Å². The van der Waals surface area contributed by atoms with E-state index in [1.165, 1.54) is 154 Å². The molecule has 0 rings (SSSR count). The summed E-state index contributed by atoms with van der Waals surface area (Å²) in [4.78, 5) is 12.1. The van der Waals surface area contributed by atoms with E-state index in [2.05, 4.69) is 13.8 Å². The third kappa shape index (κ3) is 31.8. The van der Waals surface area contributed by atoms with Gasteiger partial charge in [-0.2, -0.15) is 0 Å². The van der Waals surface area contributed by atoms with Crippen LogP contribution in [-0.2, 0) is 14.3 Å². The number of hydrogen-bond acceptors (Lipinski definition) is 4. The lowest BCUT2D eigenvalue weighted by Crippen LogP contribution is -2.27. The van der Waals surface area contributed by atoms with Gasteiger partial charge >= 0.3 is 5.97 Å². The molecule has 0 heterocycles. The molecule has 1 N–H and O–H groups in total. The predicted molar refractivity (Wildman–Crippen MR) is 168 cm³/mol. The Bertz CT molecular complexity index is 468. The van der Waals surface area contributed by atoms with Crippen LogP contribution in [0, 0.1) is 0 Å². The molecule has 0 spiro atoms. The van der Waals surface area contributed by atoms with E-state index in [1.807, 2.05) is 0 Å². The normalized spacial score (nSPS) is 12.2. The van der Waals surface area contributed by atoms with Crippen LogP contribution in [0.2, 0.25) is 0 Å². The van der Waals surface area contributed by atoms with Gasteiger partial charge in [-0.25, -0.2) is 0 Å². The molecule has 0 aliphatic carbocycles. The van der Waals surface area contributed by atoms with Gasteiger partial charge in [-0.05, 0) is 12.8 Å². The molecule has 39 heavy (non-hydrogen) atoms. The van der Waals surface area contributed by atoms with Crippen molar-refractivity contribution in [2.45, 2.75) is 200 Å². The number of hydrogen-bond donors (Lipinski definition) is 1. The Morgan fingerprint density at radius 1 is 0.513 bits per heavy atom. The number of unbranched alkanes of at least 4 members (excludes halogenated alkanes) is 25. The first kappa shape index (κ1) is 38.4. The molecule has 234 valence electrons. The lowest BCUT2D eigenvalue weighted by Gasteiger charge is -2.16. The topological polar surface area (TPSA) is 55.8 Å². The Labute approximate surface area is 244 Å². The van der Waals surface area contributed by atoms with Crippen molar-refractivity contribution in [1.29, 1.82) is 0 Å². The van der Waals surface area contributed by atoms with E-state index >= 15 is 0 Å². The molecule has 4 heteroatoms. The monoisotopic (exact) mass is 555 g/mol. The van der Waals surface area contributed by atoms with Gasteiger partial charge in [0.05, 0.1) is 13.2 Å². The van der Waals surface area contributed by atoms with Gasteiger partial charge in [0.1, 0.15) is 6.10 Å². The Hall–Kier alpha value is -0.610. The second kappa shape index (κ2) is 33.6. The fraction of sp³-hybridized carbons (Fsp3) is 0.971. The highest BCUT2D eigenvalue weighted by atomic mass is 16.6. The molecule has 0 aliphatic heterocycles. The molecule has 0 aromatic heterocycles. The molecule has 0 saturated heterocycles. The number of aliphatic hydroxyl groups is 1. The van der Waals surface area contributed by atoms with Crippen molar-refractivity contribution in [3.8, 4) is 0 Å². The van der Waals surface area contributed by atoms with Crippen molar-refractivity contribution in [3.63, 3.8) is 0 Å². The minimum Gasteiger partial charge on any atom is -0.457 e. The lowest BCUT2D eigenvalue weighted by atomic mass is 10.0. The Morgan fingerprint density at radius 3 is 1.21 bits per heavy atom. The average Bonchev–Trinajstić information content (AvgIpc) is 2.94. The van der Waals surface area contributed by atoms with E-state index in [9.17, 15) is 9.90 Å². The minimum atomic E-state index is -0.522. The molecular weight excluding hydrogens is 484 g/mol. The van der Waals surface area contributed by atoms with E-state index < -0.39 is 6.10 Å². The van der Waals surface area contributed by atoms with Crippen LogP contribution in [0.3, 0.4) is 0 Å². The van der Waals surface area contributed by atoms with E-state index in [0.717, 1.165) is 19.3 Å². The number of ether oxygens (including phenoxy) is 2. The SMILES string of the molecule is CCCCCCCCCCCCCCCCCCCCC(=O)OC(CO)COCCCCCCCCCCC. The molecule has 0 amide bonds. The van der Waals surface area contributed by atoms with E-state index in [0.29, 0.717) is 19.6 Å². The molecular formula is C35H70O4. The zero-order chi connectivity index (χ0) is 28.5. The summed E-state index contributed by atoms with van der Waals surface area (Å²) in [7, 11) is 0. The number of carbonyl (C=O) groups is 1. The lowest BCUT2D eigenvalue weighted by molar-refractivity contribution is -0.154. The van der Waals surface area contributed by atoms with Crippen LogP contribution in [0.1, 0.15) is 194 Å². The first-order valence-electron chi connectivity index (χ1n) is 17.6. The maximum atomic E-state index is 12.1. The number of aliphatic hydroxyl groups excluding tert-OH is 1. The van der Waals surface area contributed by atoms with Crippen molar-refractivity contribution in [1.82, 2.24) is 0 Å². The summed E-state index contributed by atoms with van der Waals surface area (Å²) in [6.07, 6.45) is 35.7. The average molecular weight is 555 g/mol. The molecule has 1 atom stereocenters. The quantitative estimate of drug-likeness (QED) is 0.0647. The summed E-state index contributed by atoms with van der Waals surface area (Å²) in [5.74, 6) is -0.197. The van der Waals surface area contributed by atoms with Gasteiger partial charge in [-0.3, -0.25) is 4.79 Å².